The third-order valence-corrected chi connectivity index (χ3v) is 1.63. The molecule has 0 spiro atoms. The van der Waals surface area contributed by atoms with Gasteiger partial charge >= 0.3 is 6.09 Å². The van der Waals surface area contributed by atoms with E-state index in [1.54, 1.807) is 6.20 Å². The monoisotopic (exact) mass is 209 g/mol. The predicted octanol–water partition coefficient (Wildman–Crippen LogP) is 1.24. The molecule has 1 heterocycles. The molecule has 0 saturated carbocycles. The minimum absolute atomic E-state index is 0.322. The number of carbonyl (C=O) groups excluding carboxylic acids is 1. The highest BCUT2D eigenvalue weighted by Gasteiger charge is 1.98. The predicted molar refractivity (Wildman–Crippen MR) is 57.8 cm³/mol. The molecule has 0 saturated heterocycles. The first-order valence-electron chi connectivity index (χ1n) is 4.88. The summed E-state index contributed by atoms with van der Waals surface area (Å²) in [5.41, 5.74) is 0. The molecule has 0 aliphatic carbocycles. The maximum atomic E-state index is 10.9. The van der Waals surface area contributed by atoms with Crippen molar-refractivity contribution in [3.05, 3.63) is 24.4 Å². The van der Waals surface area contributed by atoms with Crippen LogP contribution in [-0.2, 0) is 4.74 Å². The summed E-state index contributed by atoms with van der Waals surface area (Å²) in [4.78, 5) is 14.9. The van der Waals surface area contributed by atoms with E-state index in [2.05, 4.69) is 15.6 Å². The topological polar surface area (TPSA) is 63.2 Å². The van der Waals surface area contributed by atoms with Gasteiger partial charge in [-0.25, -0.2) is 9.78 Å². The maximum absolute atomic E-state index is 10.9. The van der Waals surface area contributed by atoms with Crippen LogP contribution in [0.4, 0.5) is 10.6 Å². The van der Waals surface area contributed by atoms with E-state index in [4.69, 9.17) is 4.74 Å². The molecule has 0 bridgehead atoms. The van der Waals surface area contributed by atoms with Gasteiger partial charge in [0.15, 0.2) is 0 Å². The van der Waals surface area contributed by atoms with E-state index in [-0.39, 0.29) is 6.09 Å². The first-order valence-corrected chi connectivity index (χ1v) is 4.88. The van der Waals surface area contributed by atoms with Crippen LogP contribution in [0.5, 0.6) is 0 Å². The molecule has 0 radical (unpaired) electrons. The third-order valence-electron chi connectivity index (χ3n) is 1.63. The lowest BCUT2D eigenvalue weighted by atomic mass is 10.4. The highest BCUT2D eigenvalue weighted by molar-refractivity contribution is 5.66. The summed E-state index contributed by atoms with van der Waals surface area (Å²) in [6.07, 6.45) is 1.31. The molecule has 15 heavy (non-hydrogen) atoms. The van der Waals surface area contributed by atoms with Crippen LogP contribution in [0.25, 0.3) is 0 Å². The Balaban J connectivity index is 2.10. The molecule has 0 aliphatic heterocycles. The van der Waals surface area contributed by atoms with Gasteiger partial charge in [0.1, 0.15) is 12.4 Å². The van der Waals surface area contributed by atoms with Gasteiger partial charge in [0.2, 0.25) is 0 Å². The van der Waals surface area contributed by atoms with Crippen molar-refractivity contribution in [1.82, 2.24) is 10.3 Å². The summed E-state index contributed by atoms with van der Waals surface area (Å²) in [7, 11) is 0. The fraction of sp³-hybridized carbons (Fsp3) is 0.400. The largest absolute Gasteiger partial charge is 0.448 e. The van der Waals surface area contributed by atoms with Crippen molar-refractivity contribution in [3.63, 3.8) is 0 Å². The van der Waals surface area contributed by atoms with E-state index >= 15 is 0 Å². The first kappa shape index (κ1) is 11.3. The third kappa shape index (κ3) is 4.85. The Morgan fingerprint density at radius 3 is 3.07 bits per heavy atom. The Morgan fingerprint density at radius 1 is 1.53 bits per heavy atom. The Morgan fingerprint density at radius 2 is 2.40 bits per heavy atom. The van der Waals surface area contributed by atoms with E-state index in [1.807, 2.05) is 25.1 Å². The molecule has 0 unspecified atom stereocenters. The lowest BCUT2D eigenvalue weighted by Crippen LogP contribution is -2.25. The molecule has 0 aromatic carbocycles. The van der Waals surface area contributed by atoms with Crippen molar-refractivity contribution in [2.24, 2.45) is 0 Å². The average molecular weight is 209 g/mol. The van der Waals surface area contributed by atoms with Gasteiger partial charge in [0.25, 0.3) is 0 Å². The zero-order chi connectivity index (χ0) is 10.9. The fourth-order valence-corrected chi connectivity index (χ4v) is 0.986. The Kier molecular flexibility index (Phi) is 5.00. The van der Waals surface area contributed by atoms with Crippen LogP contribution in [0.2, 0.25) is 0 Å². The smallest absolute Gasteiger partial charge is 0.407 e. The van der Waals surface area contributed by atoms with Crippen molar-refractivity contribution in [3.8, 4) is 0 Å². The van der Waals surface area contributed by atoms with Crippen LogP contribution in [0.1, 0.15) is 6.92 Å². The molecule has 5 heteroatoms. The number of rotatable bonds is 5. The van der Waals surface area contributed by atoms with Crippen molar-refractivity contribution < 1.29 is 9.53 Å². The van der Waals surface area contributed by atoms with Crippen molar-refractivity contribution in [2.75, 3.05) is 25.0 Å². The summed E-state index contributed by atoms with van der Waals surface area (Å²) in [6.45, 7) is 3.29. The highest BCUT2D eigenvalue weighted by Crippen LogP contribution is 1.98. The maximum Gasteiger partial charge on any atom is 0.407 e. The molecule has 1 aromatic heterocycles. The van der Waals surface area contributed by atoms with Gasteiger partial charge in [-0.1, -0.05) is 6.07 Å². The molecule has 0 aliphatic rings. The van der Waals surface area contributed by atoms with Gasteiger partial charge in [-0.05, 0) is 19.1 Å². The van der Waals surface area contributed by atoms with Gasteiger partial charge < -0.3 is 15.4 Å². The zero-order valence-electron chi connectivity index (χ0n) is 8.69. The summed E-state index contributed by atoms with van der Waals surface area (Å²) >= 11 is 0. The fourth-order valence-electron chi connectivity index (χ4n) is 0.986. The van der Waals surface area contributed by atoms with Crippen LogP contribution in [0.3, 0.4) is 0 Å². The number of anilines is 1. The molecule has 2 N–H and O–H groups in total. The van der Waals surface area contributed by atoms with E-state index in [0.29, 0.717) is 19.7 Å². The second kappa shape index (κ2) is 6.64. The normalized spacial score (nSPS) is 9.40. The summed E-state index contributed by atoms with van der Waals surface area (Å²) in [5, 5.41) is 5.57. The number of hydrogen-bond acceptors (Lipinski definition) is 4. The number of hydrogen-bond donors (Lipinski definition) is 2. The molecule has 0 fully saturated rings. The number of nitrogens with one attached hydrogen (secondary N) is 2. The lowest BCUT2D eigenvalue weighted by molar-refractivity contribution is 0.151. The van der Waals surface area contributed by atoms with E-state index in [0.717, 1.165) is 5.82 Å². The first-order chi connectivity index (χ1) is 7.33. The van der Waals surface area contributed by atoms with E-state index in [1.165, 1.54) is 0 Å². The van der Waals surface area contributed by atoms with Crippen LogP contribution in [0, 0.1) is 0 Å². The lowest BCUT2D eigenvalue weighted by Gasteiger charge is -2.06. The molecule has 1 rings (SSSR count). The standard InChI is InChI=1S/C10H15N3O2/c1-2-11-10(14)15-8-7-13-9-5-3-4-6-12-9/h3-6H,2,7-8H2,1H3,(H,11,14)(H,12,13). The number of pyridine rings is 1. The Labute approximate surface area is 88.9 Å². The summed E-state index contributed by atoms with van der Waals surface area (Å²) in [5.74, 6) is 0.775. The Bertz CT molecular complexity index is 290. The van der Waals surface area contributed by atoms with E-state index < -0.39 is 0 Å². The minimum atomic E-state index is -0.389. The SMILES string of the molecule is CCNC(=O)OCCNc1ccccn1. The number of carbonyl (C=O) groups is 1. The average Bonchev–Trinajstić information content (AvgIpc) is 2.26. The van der Waals surface area contributed by atoms with Crippen molar-refractivity contribution >= 4 is 11.9 Å². The van der Waals surface area contributed by atoms with Gasteiger partial charge in [0.05, 0.1) is 6.54 Å². The Hall–Kier alpha value is -1.78. The van der Waals surface area contributed by atoms with Crippen molar-refractivity contribution in [1.29, 1.82) is 0 Å². The number of aromatic nitrogens is 1. The number of ether oxygens (including phenoxy) is 1. The van der Waals surface area contributed by atoms with Crippen molar-refractivity contribution in [2.45, 2.75) is 6.92 Å². The van der Waals surface area contributed by atoms with Crippen LogP contribution in [-0.4, -0.2) is 30.8 Å². The quantitative estimate of drug-likeness (QED) is 0.716. The molecular formula is C10H15N3O2. The summed E-state index contributed by atoms with van der Waals surface area (Å²) in [6, 6.07) is 5.59. The summed E-state index contributed by atoms with van der Waals surface area (Å²) < 4.78 is 4.86. The zero-order valence-corrected chi connectivity index (χ0v) is 8.69. The van der Waals surface area contributed by atoms with Crippen LogP contribution in [0.15, 0.2) is 24.4 Å². The molecule has 1 amide bonds. The van der Waals surface area contributed by atoms with Gasteiger partial charge in [-0.3, -0.25) is 0 Å². The molecule has 5 nitrogen and oxygen atoms in total. The number of amides is 1. The van der Waals surface area contributed by atoms with Crippen LogP contribution >= 0.6 is 0 Å². The second-order valence-corrected chi connectivity index (χ2v) is 2.81. The molecule has 82 valence electrons. The second-order valence-electron chi connectivity index (χ2n) is 2.81. The molecule has 0 atom stereocenters. The highest BCUT2D eigenvalue weighted by atomic mass is 16.5. The van der Waals surface area contributed by atoms with E-state index in [9.17, 15) is 4.79 Å². The van der Waals surface area contributed by atoms with Gasteiger partial charge in [-0.2, -0.15) is 0 Å². The molecular weight excluding hydrogens is 194 g/mol. The minimum Gasteiger partial charge on any atom is -0.448 e. The number of alkyl carbamates (subject to hydrolysis) is 1. The van der Waals surface area contributed by atoms with Gasteiger partial charge in [-0.15, -0.1) is 0 Å². The number of nitrogens with zero attached hydrogens (tertiary/aromatic N) is 1. The van der Waals surface area contributed by atoms with Gasteiger partial charge in [0, 0.05) is 12.7 Å². The van der Waals surface area contributed by atoms with Crippen LogP contribution < -0.4 is 10.6 Å². The molecule has 1 aromatic rings.